The number of rotatable bonds is 18. The Morgan fingerprint density at radius 2 is 1.24 bits per heavy atom. The molecular formula is C18H32N2O12P-. The number of hydrogen-bond donors (Lipinski definition) is 2. The molecule has 0 saturated heterocycles. The van der Waals surface area contributed by atoms with Gasteiger partial charge in [-0.25, -0.2) is 0 Å². The van der Waals surface area contributed by atoms with Crippen LogP contribution in [0.4, 0.5) is 0 Å². The summed E-state index contributed by atoms with van der Waals surface area (Å²) in [5.41, 5.74) is 0. The normalized spacial score (nSPS) is 14.5. The van der Waals surface area contributed by atoms with E-state index in [9.17, 15) is 28.6 Å². The number of carbonyl (C=O) groups is 4. The molecule has 0 aliphatic carbocycles. The van der Waals surface area contributed by atoms with Gasteiger partial charge in [-0.15, -0.1) is 0 Å². The van der Waals surface area contributed by atoms with E-state index in [1.165, 1.54) is 0 Å². The maximum atomic E-state index is 12.1. The Bertz CT molecular complexity index is 675. The van der Waals surface area contributed by atoms with E-state index in [1.807, 2.05) is 0 Å². The molecule has 0 aliphatic rings. The maximum Gasteiger partial charge on any atom is 0.307 e. The second-order valence-corrected chi connectivity index (χ2v) is 7.99. The first-order valence-corrected chi connectivity index (χ1v) is 11.5. The topological polar surface area (TPSA) is 188 Å². The van der Waals surface area contributed by atoms with Gasteiger partial charge in [-0.05, 0) is 14.1 Å². The molecule has 0 aliphatic heterocycles. The van der Waals surface area contributed by atoms with Crippen LogP contribution in [-0.4, -0.2) is 89.7 Å². The molecule has 0 amide bonds. The highest BCUT2D eigenvalue weighted by molar-refractivity contribution is 7.45. The standard InChI is InChI=1S/C18H33N2O12P/c1-13(21)27-9-15(31-14(2)22)11-29-33(25,26)30-12-16(32-18(24)6-8-20-4)10-28-17(23)5-7-19-3/h15-16,19-20H,5-12H2,1-4H3,(H,25,26)/p-1/t15-,16?/m1/s1. The quantitative estimate of drug-likeness (QED) is 0.128. The molecule has 3 atom stereocenters. The summed E-state index contributed by atoms with van der Waals surface area (Å²) >= 11 is 0. The summed E-state index contributed by atoms with van der Waals surface area (Å²) in [6.45, 7) is 0.655. The molecule has 2 unspecified atom stereocenters. The highest BCUT2D eigenvalue weighted by atomic mass is 31.2. The summed E-state index contributed by atoms with van der Waals surface area (Å²) in [5.74, 6) is -2.66. The largest absolute Gasteiger partial charge is 0.756 e. The number of nitrogens with one attached hydrogen (secondary N) is 2. The fourth-order valence-electron chi connectivity index (χ4n) is 2.02. The van der Waals surface area contributed by atoms with Crippen molar-refractivity contribution in [2.75, 3.05) is 53.6 Å². The Morgan fingerprint density at radius 1 is 0.758 bits per heavy atom. The van der Waals surface area contributed by atoms with Gasteiger partial charge < -0.3 is 43.5 Å². The lowest BCUT2D eigenvalue weighted by Crippen LogP contribution is -2.32. The van der Waals surface area contributed by atoms with Crippen LogP contribution in [0, 0.1) is 0 Å². The van der Waals surface area contributed by atoms with E-state index in [4.69, 9.17) is 18.7 Å². The molecule has 0 aromatic carbocycles. The monoisotopic (exact) mass is 499 g/mol. The van der Waals surface area contributed by atoms with E-state index in [0.29, 0.717) is 13.1 Å². The summed E-state index contributed by atoms with van der Waals surface area (Å²) in [4.78, 5) is 57.6. The fraction of sp³-hybridized carbons (Fsp3) is 0.778. The second kappa shape index (κ2) is 17.4. The number of phosphoric ester groups is 1. The Hall–Kier alpha value is -2.09. The van der Waals surface area contributed by atoms with E-state index >= 15 is 0 Å². The molecule has 0 saturated carbocycles. The highest BCUT2D eigenvalue weighted by Crippen LogP contribution is 2.38. The summed E-state index contributed by atoms with van der Waals surface area (Å²) in [6, 6.07) is 0. The van der Waals surface area contributed by atoms with Gasteiger partial charge in [-0.2, -0.15) is 0 Å². The molecule has 0 bridgehead atoms. The van der Waals surface area contributed by atoms with E-state index in [0.717, 1.165) is 13.8 Å². The average Bonchev–Trinajstić information content (AvgIpc) is 2.74. The molecule has 0 aromatic heterocycles. The average molecular weight is 499 g/mol. The van der Waals surface area contributed by atoms with Gasteiger partial charge in [0.15, 0.2) is 12.2 Å². The van der Waals surface area contributed by atoms with Crippen LogP contribution in [0.1, 0.15) is 26.7 Å². The van der Waals surface area contributed by atoms with Crippen molar-refractivity contribution in [3.8, 4) is 0 Å². The maximum absolute atomic E-state index is 12.1. The minimum absolute atomic E-state index is 0.00749. The van der Waals surface area contributed by atoms with Crippen LogP contribution in [-0.2, 0) is 51.7 Å². The van der Waals surface area contributed by atoms with Crippen LogP contribution in [0.5, 0.6) is 0 Å². The van der Waals surface area contributed by atoms with E-state index in [2.05, 4.69) is 19.9 Å². The smallest absolute Gasteiger partial charge is 0.307 e. The lowest BCUT2D eigenvalue weighted by Gasteiger charge is -2.27. The molecule has 2 N–H and O–H groups in total. The Balaban J connectivity index is 4.87. The second-order valence-electron chi connectivity index (χ2n) is 6.57. The molecule has 0 radical (unpaired) electrons. The molecule has 0 rings (SSSR count). The van der Waals surface area contributed by atoms with Crippen molar-refractivity contribution in [2.45, 2.75) is 38.9 Å². The van der Waals surface area contributed by atoms with Crippen LogP contribution >= 0.6 is 7.82 Å². The molecule has 0 fully saturated rings. The van der Waals surface area contributed by atoms with E-state index in [-0.39, 0.29) is 12.8 Å². The molecule has 14 nitrogen and oxygen atoms in total. The summed E-state index contributed by atoms with van der Waals surface area (Å²) in [7, 11) is -1.67. The Kier molecular flexibility index (Phi) is 16.3. The molecular weight excluding hydrogens is 467 g/mol. The summed E-state index contributed by atoms with van der Waals surface area (Å²) < 4.78 is 41.0. The first-order chi connectivity index (χ1) is 15.5. The van der Waals surface area contributed by atoms with Gasteiger partial charge >= 0.3 is 23.9 Å². The Morgan fingerprint density at radius 3 is 1.73 bits per heavy atom. The van der Waals surface area contributed by atoms with Gasteiger partial charge in [0.25, 0.3) is 7.82 Å². The molecule has 15 heteroatoms. The third kappa shape index (κ3) is 18.1. The van der Waals surface area contributed by atoms with Crippen LogP contribution in [0.15, 0.2) is 0 Å². The molecule has 0 heterocycles. The first-order valence-electron chi connectivity index (χ1n) is 10.0. The molecule has 0 aromatic rings. The number of esters is 4. The first kappa shape index (κ1) is 30.9. The summed E-state index contributed by atoms with van der Waals surface area (Å²) in [6.07, 6.45) is -2.36. The van der Waals surface area contributed by atoms with Crippen LogP contribution in [0.3, 0.4) is 0 Å². The SMILES string of the molecule is CNCCC(=O)OCC(COP(=O)([O-])OC[C@@H](COC(C)=O)OC(C)=O)OC(=O)CCNC. The van der Waals surface area contributed by atoms with Gasteiger partial charge in [-0.3, -0.25) is 23.7 Å². The van der Waals surface area contributed by atoms with Gasteiger partial charge in [0.2, 0.25) is 0 Å². The van der Waals surface area contributed by atoms with Gasteiger partial charge in [0, 0.05) is 26.9 Å². The number of ether oxygens (including phenoxy) is 4. The van der Waals surface area contributed by atoms with Crippen molar-refractivity contribution >= 4 is 31.7 Å². The predicted molar refractivity (Wildman–Crippen MR) is 110 cm³/mol. The van der Waals surface area contributed by atoms with Gasteiger partial charge in [-0.1, -0.05) is 0 Å². The lowest BCUT2D eigenvalue weighted by atomic mass is 10.3. The zero-order chi connectivity index (χ0) is 25.3. The number of phosphoric acid groups is 1. The number of carbonyl (C=O) groups excluding carboxylic acids is 4. The van der Waals surface area contributed by atoms with Crippen LogP contribution < -0.4 is 15.5 Å². The minimum atomic E-state index is -4.96. The molecule has 0 spiro atoms. The van der Waals surface area contributed by atoms with Gasteiger partial charge in [0.1, 0.15) is 13.2 Å². The van der Waals surface area contributed by atoms with Crippen molar-refractivity contribution in [3.63, 3.8) is 0 Å². The van der Waals surface area contributed by atoms with Crippen molar-refractivity contribution in [2.24, 2.45) is 0 Å². The number of hydrogen-bond acceptors (Lipinski definition) is 14. The zero-order valence-corrected chi connectivity index (χ0v) is 20.1. The molecule has 192 valence electrons. The Labute approximate surface area is 192 Å². The van der Waals surface area contributed by atoms with E-state index < -0.39 is 70.3 Å². The van der Waals surface area contributed by atoms with Gasteiger partial charge in [0.05, 0.1) is 26.1 Å². The van der Waals surface area contributed by atoms with Crippen LogP contribution in [0.2, 0.25) is 0 Å². The van der Waals surface area contributed by atoms with Crippen molar-refractivity contribution in [1.82, 2.24) is 10.6 Å². The van der Waals surface area contributed by atoms with Crippen molar-refractivity contribution < 1.29 is 56.6 Å². The van der Waals surface area contributed by atoms with Crippen molar-refractivity contribution in [1.29, 1.82) is 0 Å². The third-order valence-electron chi connectivity index (χ3n) is 3.53. The predicted octanol–water partition coefficient (Wildman–Crippen LogP) is -1.34. The zero-order valence-electron chi connectivity index (χ0n) is 19.2. The summed E-state index contributed by atoms with van der Waals surface area (Å²) in [5, 5.41) is 5.52. The van der Waals surface area contributed by atoms with Crippen LogP contribution in [0.25, 0.3) is 0 Å². The van der Waals surface area contributed by atoms with Crippen molar-refractivity contribution in [3.05, 3.63) is 0 Å². The molecule has 33 heavy (non-hydrogen) atoms. The fourth-order valence-corrected chi connectivity index (χ4v) is 2.79. The van der Waals surface area contributed by atoms with E-state index in [1.54, 1.807) is 14.1 Å². The lowest BCUT2D eigenvalue weighted by molar-refractivity contribution is -0.231. The third-order valence-corrected chi connectivity index (χ3v) is 4.46. The highest BCUT2D eigenvalue weighted by Gasteiger charge is 2.23. The minimum Gasteiger partial charge on any atom is -0.756 e.